The molecule has 0 amide bonds. The van der Waals surface area contributed by atoms with Crippen LogP contribution in [0.3, 0.4) is 0 Å². The summed E-state index contributed by atoms with van der Waals surface area (Å²) in [7, 11) is 1.18. The topological polar surface area (TPSA) is 26.3 Å². The van der Waals surface area contributed by atoms with Gasteiger partial charge in [0.15, 0.2) is 0 Å². The fourth-order valence-electron chi connectivity index (χ4n) is 1.23. The van der Waals surface area contributed by atoms with Crippen LogP contribution in [0.15, 0.2) is 22.7 Å². The largest absolute Gasteiger partial charge is 0.482 e. The van der Waals surface area contributed by atoms with Crippen molar-refractivity contribution in [2.24, 2.45) is 0 Å². The molecule has 0 unspecified atom stereocenters. The summed E-state index contributed by atoms with van der Waals surface area (Å²) in [6.45, 7) is -4.93. The number of carbonyl (C=O) groups is 1. The van der Waals surface area contributed by atoms with E-state index < -0.39 is 19.3 Å². The van der Waals surface area contributed by atoms with Crippen molar-refractivity contribution in [2.45, 2.75) is 6.32 Å². The first-order valence-electron chi connectivity index (χ1n) is 4.41. The van der Waals surface area contributed by atoms with Crippen LogP contribution in [0.2, 0.25) is 0 Å². The molecule has 0 aliphatic heterocycles. The van der Waals surface area contributed by atoms with Crippen molar-refractivity contribution in [1.82, 2.24) is 0 Å². The van der Waals surface area contributed by atoms with Crippen LogP contribution in [0.5, 0.6) is 0 Å². The maximum Gasteiger partial charge on any atom is 0.482 e. The second kappa shape index (κ2) is 4.90. The molecule has 0 N–H and O–H groups in total. The van der Waals surface area contributed by atoms with Gasteiger partial charge in [-0.05, 0) is 18.2 Å². The Balaban J connectivity index is 3.04. The fraction of sp³-hybridized carbons (Fsp3) is 0.222. The van der Waals surface area contributed by atoms with Crippen molar-refractivity contribution in [3.05, 3.63) is 33.8 Å². The highest BCUT2D eigenvalue weighted by Crippen LogP contribution is 2.24. The Bertz CT molecular complexity index is 406. The first-order valence-corrected chi connectivity index (χ1v) is 5.20. The maximum atomic E-state index is 12.3. The minimum absolute atomic E-state index is 0.0374. The summed E-state index contributed by atoms with van der Waals surface area (Å²) in [5.74, 6) is -0.650. The molecule has 0 fully saturated rings. The molecule has 0 saturated heterocycles. The number of carbonyl (C=O) groups excluding carboxylic acids is 1. The molecule has 0 atom stereocenters. The third-order valence-corrected chi connectivity index (χ3v) is 2.69. The van der Waals surface area contributed by atoms with Crippen molar-refractivity contribution >= 4 is 28.9 Å². The van der Waals surface area contributed by atoms with E-state index in [1.807, 2.05) is 0 Å². The van der Waals surface area contributed by atoms with Gasteiger partial charge in [0.05, 0.1) is 12.7 Å². The van der Waals surface area contributed by atoms with E-state index >= 15 is 0 Å². The summed E-state index contributed by atoms with van der Waals surface area (Å²) in [6, 6.07) is 4.00. The highest BCUT2D eigenvalue weighted by molar-refractivity contribution is 9.10. The summed E-state index contributed by atoms with van der Waals surface area (Å²) in [4.78, 5) is 11.1. The Morgan fingerprint density at radius 3 is 2.56 bits per heavy atom. The fourth-order valence-corrected chi connectivity index (χ4v) is 1.63. The molecule has 0 heterocycles. The molecule has 2 nitrogen and oxygen atoms in total. The zero-order valence-electron chi connectivity index (χ0n) is 8.34. The zero-order valence-corrected chi connectivity index (χ0v) is 9.93. The van der Waals surface area contributed by atoms with E-state index in [1.165, 1.54) is 25.3 Å². The lowest BCUT2D eigenvalue weighted by atomic mass is 9.81. The highest BCUT2D eigenvalue weighted by Gasteiger charge is 2.24. The Hall–Kier alpha value is -0.975. The van der Waals surface area contributed by atoms with Crippen molar-refractivity contribution in [3.8, 4) is 0 Å². The SMILES string of the molecule is COC(=O)c1ccc(Br)c(C[B-](F)(F)F)c1. The molecule has 1 rings (SSSR count). The van der Waals surface area contributed by atoms with Crippen LogP contribution >= 0.6 is 15.9 Å². The predicted molar refractivity (Wildman–Crippen MR) is 58.3 cm³/mol. The van der Waals surface area contributed by atoms with Crippen LogP contribution in [-0.4, -0.2) is 20.1 Å². The number of rotatable bonds is 3. The molecular formula is C9H8BBrF3O2-. The quantitative estimate of drug-likeness (QED) is 0.632. The average molecular weight is 296 g/mol. The number of methoxy groups -OCH3 is 1. The van der Waals surface area contributed by atoms with Crippen molar-refractivity contribution in [3.63, 3.8) is 0 Å². The van der Waals surface area contributed by atoms with E-state index in [0.717, 1.165) is 0 Å². The zero-order chi connectivity index (χ0) is 12.3. The molecule has 1 aromatic rings. The van der Waals surface area contributed by atoms with Gasteiger partial charge in [-0.3, -0.25) is 0 Å². The molecule has 16 heavy (non-hydrogen) atoms. The second-order valence-electron chi connectivity index (χ2n) is 3.21. The van der Waals surface area contributed by atoms with Gasteiger partial charge < -0.3 is 17.7 Å². The summed E-state index contributed by atoms with van der Waals surface area (Å²) in [6.07, 6.45) is -1.02. The van der Waals surface area contributed by atoms with Gasteiger partial charge in [0.25, 0.3) is 0 Å². The summed E-state index contributed by atoms with van der Waals surface area (Å²) in [5.41, 5.74) is 0.149. The number of hydrogen-bond acceptors (Lipinski definition) is 2. The summed E-state index contributed by atoms with van der Waals surface area (Å²) < 4.78 is 41.5. The third kappa shape index (κ3) is 3.55. The van der Waals surface area contributed by atoms with E-state index in [2.05, 4.69) is 20.7 Å². The number of ether oxygens (including phenoxy) is 1. The van der Waals surface area contributed by atoms with Crippen LogP contribution in [0, 0.1) is 0 Å². The summed E-state index contributed by atoms with van der Waals surface area (Å²) >= 11 is 3.01. The molecule has 0 radical (unpaired) electrons. The van der Waals surface area contributed by atoms with Gasteiger partial charge in [-0.1, -0.05) is 27.8 Å². The molecule has 0 aliphatic carbocycles. The van der Waals surface area contributed by atoms with Gasteiger partial charge in [-0.25, -0.2) is 4.79 Å². The number of benzene rings is 1. The first-order chi connectivity index (χ1) is 7.33. The number of esters is 1. The van der Waals surface area contributed by atoms with Gasteiger partial charge in [0.1, 0.15) is 0 Å². The molecule has 7 heteroatoms. The standard InChI is InChI=1S/C9H8BBrF3O2/c1-16-9(15)6-2-3-8(11)7(4-6)5-10(12,13)14/h2-4H,5H2,1H3/q-1. The van der Waals surface area contributed by atoms with E-state index in [0.29, 0.717) is 4.47 Å². The lowest BCUT2D eigenvalue weighted by Gasteiger charge is -2.15. The second-order valence-corrected chi connectivity index (χ2v) is 4.07. The number of halogens is 4. The molecule has 0 aromatic heterocycles. The minimum atomic E-state index is -4.93. The molecule has 1 aromatic carbocycles. The Morgan fingerprint density at radius 1 is 1.44 bits per heavy atom. The maximum absolute atomic E-state index is 12.3. The molecule has 0 spiro atoms. The van der Waals surface area contributed by atoms with E-state index in [-0.39, 0.29) is 11.1 Å². The van der Waals surface area contributed by atoms with Crippen LogP contribution in [-0.2, 0) is 11.1 Å². The minimum Gasteiger partial charge on any atom is -0.465 e. The van der Waals surface area contributed by atoms with Gasteiger partial charge >= 0.3 is 12.9 Å². The lowest BCUT2D eigenvalue weighted by molar-refractivity contribution is 0.0600. The van der Waals surface area contributed by atoms with E-state index in [9.17, 15) is 17.7 Å². The van der Waals surface area contributed by atoms with E-state index in [1.54, 1.807) is 0 Å². The molecular weight excluding hydrogens is 288 g/mol. The van der Waals surface area contributed by atoms with Gasteiger partial charge in [0.2, 0.25) is 0 Å². The Labute approximate surface area is 99.0 Å². The molecule has 88 valence electrons. The van der Waals surface area contributed by atoms with Crippen LogP contribution in [0.4, 0.5) is 12.9 Å². The van der Waals surface area contributed by atoms with Crippen LogP contribution in [0.1, 0.15) is 15.9 Å². The Morgan fingerprint density at radius 2 is 2.06 bits per heavy atom. The van der Waals surface area contributed by atoms with Gasteiger partial charge in [-0.15, -0.1) is 0 Å². The first kappa shape index (κ1) is 13.1. The van der Waals surface area contributed by atoms with Crippen molar-refractivity contribution < 1.29 is 22.5 Å². The van der Waals surface area contributed by atoms with Gasteiger partial charge in [-0.2, -0.15) is 0 Å². The summed E-state index contributed by atoms with van der Waals surface area (Å²) in [5, 5.41) is 0. The van der Waals surface area contributed by atoms with Crippen molar-refractivity contribution in [1.29, 1.82) is 0 Å². The smallest absolute Gasteiger partial charge is 0.465 e. The molecule has 0 bridgehead atoms. The van der Waals surface area contributed by atoms with E-state index in [4.69, 9.17) is 0 Å². The molecule has 0 aliphatic rings. The monoisotopic (exact) mass is 295 g/mol. The normalized spacial score (nSPS) is 11.3. The average Bonchev–Trinajstić information content (AvgIpc) is 2.18. The number of hydrogen-bond donors (Lipinski definition) is 0. The molecule has 0 saturated carbocycles. The Kier molecular flexibility index (Phi) is 4.01. The van der Waals surface area contributed by atoms with Crippen molar-refractivity contribution in [2.75, 3.05) is 7.11 Å². The van der Waals surface area contributed by atoms with Gasteiger partial charge in [0, 0.05) is 4.47 Å². The van der Waals surface area contributed by atoms with Crippen LogP contribution in [0.25, 0.3) is 0 Å². The predicted octanol–water partition coefficient (Wildman–Crippen LogP) is 3.16. The van der Waals surface area contributed by atoms with Crippen LogP contribution < -0.4 is 0 Å². The highest BCUT2D eigenvalue weighted by atomic mass is 79.9. The lowest BCUT2D eigenvalue weighted by Crippen LogP contribution is -2.20. The third-order valence-electron chi connectivity index (χ3n) is 1.92.